The molecular weight excluding hydrogens is 204 g/mol. The number of hydrogen-bond acceptors (Lipinski definition) is 2. The third-order valence-electron chi connectivity index (χ3n) is 2.41. The molecule has 0 aliphatic rings. The van der Waals surface area contributed by atoms with Gasteiger partial charge in [-0.15, -0.1) is 0 Å². The van der Waals surface area contributed by atoms with E-state index < -0.39 is 0 Å². The predicted molar refractivity (Wildman–Crippen MR) is 67.9 cm³/mol. The Morgan fingerprint density at radius 2 is 2.00 bits per heavy atom. The highest BCUT2D eigenvalue weighted by Crippen LogP contribution is 2.13. The first kappa shape index (κ1) is 12.3. The zero-order valence-corrected chi connectivity index (χ0v) is 10.5. The largest absolute Gasteiger partial charge is 0.293 e. The molecule has 1 rings (SSSR count). The van der Waals surface area contributed by atoms with Crippen molar-refractivity contribution in [3.8, 4) is 0 Å². The average Bonchev–Trinajstić information content (AvgIpc) is 2.22. The third kappa shape index (κ3) is 3.71. The van der Waals surface area contributed by atoms with Gasteiger partial charge in [0.15, 0.2) is 5.78 Å². The maximum atomic E-state index is 11.8. The minimum Gasteiger partial charge on any atom is -0.293 e. The fraction of sp³-hybridized carbons (Fsp3) is 0.462. The number of benzene rings is 1. The lowest BCUT2D eigenvalue weighted by Crippen LogP contribution is -2.03. The van der Waals surface area contributed by atoms with Crippen LogP contribution in [0.4, 0.5) is 0 Å². The van der Waals surface area contributed by atoms with Gasteiger partial charge in [-0.25, -0.2) is 0 Å². The fourth-order valence-electron chi connectivity index (χ4n) is 1.31. The van der Waals surface area contributed by atoms with Gasteiger partial charge in [-0.1, -0.05) is 19.1 Å². The molecule has 0 N–H and O–H groups in total. The van der Waals surface area contributed by atoms with Gasteiger partial charge in [0.05, 0.1) is 5.75 Å². The molecule has 1 aromatic carbocycles. The first-order valence-corrected chi connectivity index (χ1v) is 6.48. The summed E-state index contributed by atoms with van der Waals surface area (Å²) in [5.41, 5.74) is 3.29. The number of rotatable bonds is 5. The summed E-state index contributed by atoms with van der Waals surface area (Å²) in [7, 11) is 0. The summed E-state index contributed by atoms with van der Waals surface area (Å²) in [5.74, 6) is 1.92. The molecule has 0 fully saturated rings. The summed E-state index contributed by atoms with van der Waals surface area (Å²) in [6, 6.07) is 5.94. The first-order valence-electron chi connectivity index (χ1n) is 5.33. The fourth-order valence-corrected chi connectivity index (χ4v) is 2.09. The molecule has 1 nitrogen and oxygen atoms in total. The van der Waals surface area contributed by atoms with Crippen LogP contribution in [-0.2, 0) is 0 Å². The van der Waals surface area contributed by atoms with Gasteiger partial charge in [0.25, 0.3) is 0 Å². The van der Waals surface area contributed by atoms with Crippen LogP contribution in [0, 0.1) is 13.8 Å². The summed E-state index contributed by atoms with van der Waals surface area (Å²) in [5, 5.41) is 0. The van der Waals surface area contributed by atoms with Gasteiger partial charge < -0.3 is 0 Å². The molecule has 0 bridgehead atoms. The number of carbonyl (C=O) groups is 1. The molecule has 0 saturated heterocycles. The summed E-state index contributed by atoms with van der Waals surface area (Å²) < 4.78 is 0. The highest BCUT2D eigenvalue weighted by atomic mass is 32.2. The van der Waals surface area contributed by atoms with E-state index in [0.29, 0.717) is 5.75 Å². The Kier molecular flexibility index (Phi) is 4.89. The zero-order chi connectivity index (χ0) is 11.3. The van der Waals surface area contributed by atoms with Crippen molar-refractivity contribution in [3.05, 3.63) is 34.9 Å². The van der Waals surface area contributed by atoms with E-state index in [1.54, 1.807) is 11.8 Å². The van der Waals surface area contributed by atoms with Crippen molar-refractivity contribution in [2.24, 2.45) is 0 Å². The van der Waals surface area contributed by atoms with E-state index in [4.69, 9.17) is 0 Å². The van der Waals surface area contributed by atoms with Gasteiger partial charge >= 0.3 is 0 Å². The zero-order valence-electron chi connectivity index (χ0n) is 9.67. The number of carbonyl (C=O) groups excluding carboxylic acids is 1. The summed E-state index contributed by atoms with van der Waals surface area (Å²) >= 11 is 1.72. The van der Waals surface area contributed by atoms with Crippen LogP contribution in [0.2, 0.25) is 0 Å². The monoisotopic (exact) mass is 222 g/mol. The molecule has 82 valence electrons. The maximum absolute atomic E-state index is 11.8. The second-order valence-corrected chi connectivity index (χ2v) is 4.88. The molecule has 0 aliphatic heterocycles. The number of aryl methyl sites for hydroxylation is 2. The molecule has 0 spiro atoms. The molecule has 0 amide bonds. The number of thioether (sulfide) groups is 1. The van der Waals surface area contributed by atoms with Crippen molar-refractivity contribution in [2.75, 3.05) is 11.5 Å². The molecule has 0 atom stereocenters. The summed E-state index contributed by atoms with van der Waals surface area (Å²) in [4.78, 5) is 11.8. The van der Waals surface area contributed by atoms with Crippen molar-refractivity contribution in [1.82, 2.24) is 0 Å². The normalized spacial score (nSPS) is 10.3. The van der Waals surface area contributed by atoms with E-state index in [1.165, 1.54) is 11.1 Å². The lowest BCUT2D eigenvalue weighted by atomic mass is 10.0. The standard InChI is InChI=1S/C13H18OS/c1-4-7-15-9-13(14)12-6-5-10(2)11(3)8-12/h5-6,8H,4,7,9H2,1-3H3. The van der Waals surface area contributed by atoms with Crippen molar-refractivity contribution in [3.63, 3.8) is 0 Å². The minimum atomic E-state index is 0.247. The van der Waals surface area contributed by atoms with Gasteiger partial charge in [-0.2, -0.15) is 11.8 Å². The van der Waals surface area contributed by atoms with E-state index in [1.807, 2.05) is 25.1 Å². The highest BCUT2D eigenvalue weighted by Gasteiger charge is 2.06. The van der Waals surface area contributed by atoms with Crippen LogP contribution in [-0.4, -0.2) is 17.3 Å². The average molecular weight is 222 g/mol. The predicted octanol–water partition coefficient (Wildman–Crippen LogP) is 3.63. The topological polar surface area (TPSA) is 17.1 Å². The van der Waals surface area contributed by atoms with E-state index in [9.17, 15) is 4.79 Å². The van der Waals surface area contributed by atoms with Crippen LogP contribution < -0.4 is 0 Å². The van der Waals surface area contributed by atoms with Gasteiger partial charge in [0, 0.05) is 5.56 Å². The van der Waals surface area contributed by atoms with E-state index in [2.05, 4.69) is 13.8 Å². The Morgan fingerprint density at radius 1 is 1.27 bits per heavy atom. The molecule has 2 heteroatoms. The quantitative estimate of drug-likeness (QED) is 0.559. The summed E-state index contributed by atoms with van der Waals surface area (Å²) in [6.45, 7) is 6.24. The second-order valence-electron chi connectivity index (χ2n) is 3.77. The molecule has 0 radical (unpaired) electrons. The van der Waals surface area contributed by atoms with Gasteiger partial charge in [0.1, 0.15) is 0 Å². The lowest BCUT2D eigenvalue weighted by Gasteiger charge is -2.04. The molecule has 0 aliphatic carbocycles. The molecular formula is C13H18OS. The molecule has 0 heterocycles. The number of hydrogen-bond donors (Lipinski definition) is 0. The third-order valence-corrected chi connectivity index (χ3v) is 3.57. The Balaban J connectivity index is 2.62. The maximum Gasteiger partial charge on any atom is 0.172 e. The number of ketones is 1. The Bertz CT molecular complexity index is 344. The Morgan fingerprint density at radius 3 is 2.60 bits per heavy atom. The van der Waals surface area contributed by atoms with Crippen molar-refractivity contribution in [1.29, 1.82) is 0 Å². The summed E-state index contributed by atoms with van der Waals surface area (Å²) in [6.07, 6.45) is 1.13. The van der Waals surface area contributed by atoms with Crippen LogP contribution in [0.1, 0.15) is 34.8 Å². The molecule has 15 heavy (non-hydrogen) atoms. The Labute approximate surface area is 96.3 Å². The number of Topliss-reactive ketones (excluding diaryl/α,β-unsaturated/α-hetero) is 1. The molecule has 1 aromatic rings. The lowest BCUT2D eigenvalue weighted by molar-refractivity contribution is 0.102. The van der Waals surface area contributed by atoms with Crippen molar-refractivity contribution >= 4 is 17.5 Å². The van der Waals surface area contributed by atoms with Gasteiger partial charge in [-0.05, 0) is 43.2 Å². The van der Waals surface area contributed by atoms with Crippen LogP contribution in [0.15, 0.2) is 18.2 Å². The Hall–Kier alpha value is -0.760. The molecule has 0 aromatic heterocycles. The van der Waals surface area contributed by atoms with E-state index in [-0.39, 0.29) is 5.78 Å². The van der Waals surface area contributed by atoms with E-state index >= 15 is 0 Å². The van der Waals surface area contributed by atoms with E-state index in [0.717, 1.165) is 17.7 Å². The second kappa shape index (κ2) is 5.96. The highest BCUT2D eigenvalue weighted by molar-refractivity contribution is 7.99. The van der Waals surface area contributed by atoms with Crippen molar-refractivity contribution < 1.29 is 4.79 Å². The molecule has 0 saturated carbocycles. The van der Waals surface area contributed by atoms with Crippen LogP contribution in [0.5, 0.6) is 0 Å². The van der Waals surface area contributed by atoms with Crippen LogP contribution >= 0.6 is 11.8 Å². The smallest absolute Gasteiger partial charge is 0.172 e. The van der Waals surface area contributed by atoms with Crippen molar-refractivity contribution in [2.45, 2.75) is 27.2 Å². The van der Waals surface area contributed by atoms with Gasteiger partial charge in [-0.3, -0.25) is 4.79 Å². The SMILES string of the molecule is CCCSCC(=O)c1ccc(C)c(C)c1. The van der Waals surface area contributed by atoms with Crippen LogP contribution in [0.25, 0.3) is 0 Å². The minimum absolute atomic E-state index is 0.247. The first-order chi connectivity index (χ1) is 7.15. The molecule has 0 unspecified atom stereocenters. The van der Waals surface area contributed by atoms with Gasteiger partial charge in [0.2, 0.25) is 0 Å². The van der Waals surface area contributed by atoms with Crippen LogP contribution in [0.3, 0.4) is 0 Å².